The summed E-state index contributed by atoms with van der Waals surface area (Å²) in [6, 6.07) is 47.9. The Labute approximate surface area is 345 Å². The average Bonchev–Trinajstić information content (AvgIpc) is 3.95. The number of thiophene rings is 2. The Morgan fingerprint density at radius 2 is 1.19 bits per heavy atom. The van der Waals surface area contributed by atoms with Crippen LogP contribution in [0.1, 0.15) is 52.7 Å². The van der Waals surface area contributed by atoms with Gasteiger partial charge in [-0.3, -0.25) is 0 Å². The Morgan fingerprint density at radius 3 is 1.90 bits per heavy atom. The quantitative estimate of drug-likeness (QED) is 0.181. The molecule has 0 amide bonds. The third kappa shape index (κ3) is 4.98. The van der Waals surface area contributed by atoms with Crippen molar-refractivity contribution in [1.29, 1.82) is 0 Å². The van der Waals surface area contributed by atoms with Crippen molar-refractivity contribution >= 4 is 126 Å². The van der Waals surface area contributed by atoms with Crippen LogP contribution < -0.4 is 16.4 Å². The second-order valence-corrected chi connectivity index (χ2v) is 20.4. The average molecular weight is 785 g/mol. The molecule has 7 aromatic carbocycles. The summed E-state index contributed by atoms with van der Waals surface area (Å²) in [7, 11) is 0.706. The lowest BCUT2D eigenvalue weighted by Gasteiger charge is -2.22. The molecule has 12 rings (SSSR count). The third-order valence-corrected chi connectivity index (χ3v) is 14.8. The molecule has 0 bridgehead atoms. The number of furan rings is 1. The van der Waals surface area contributed by atoms with Crippen molar-refractivity contribution in [3.63, 3.8) is 0 Å². The van der Waals surface area contributed by atoms with E-state index < -0.39 is 0 Å². The number of anilines is 2. The summed E-state index contributed by atoms with van der Waals surface area (Å²) in [6.45, 7) is 13.7. The van der Waals surface area contributed by atoms with Crippen LogP contribution in [0.3, 0.4) is 0 Å². The summed E-state index contributed by atoms with van der Waals surface area (Å²) in [5.74, 6) is 0. The van der Waals surface area contributed by atoms with Gasteiger partial charge in [0.2, 0.25) is 7.28 Å². The highest BCUT2D eigenvalue weighted by atomic mass is 32.1. The summed E-state index contributed by atoms with van der Waals surface area (Å²) >= 11 is 3.75. The van der Waals surface area contributed by atoms with Gasteiger partial charge in [0.25, 0.3) is 0 Å². The predicted octanol–water partition coefficient (Wildman–Crippen LogP) is 14.0. The maximum Gasteiger partial charge on any atom is 0.244 e. The minimum atomic E-state index is 0.0103. The minimum Gasteiger partial charge on any atom is -0.469 e. The summed E-state index contributed by atoms with van der Waals surface area (Å²) in [5, 5.41) is 12.9. The van der Waals surface area contributed by atoms with Gasteiger partial charge in [-0.2, -0.15) is 0 Å². The Hall–Kier alpha value is -5.82. The number of nitrogens with one attached hydrogen (secondary N) is 1. The first-order chi connectivity index (χ1) is 28.0. The molecule has 1 N–H and O–H groups in total. The van der Waals surface area contributed by atoms with Gasteiger partial charge in [-0.05, 0) is 93.6 Å². The second-order valence-electron chi connectivity index (χ2n) is 18.2. The molecule has 4 aromatic heterocycles. The maximum absolute atomic E-state index is 6.94. The lowest BCUT2D eigenvalue weighted by atomic mass is 9.62. The molecular formula is C52H41BN2OS2. The topological polar surface area (TPSA) is 30.1 Å². The number of benzene rings is 7. The molecule has 1 aliphatic heterocycles. The van der Waals surface area contributed by atoms with Gasteiger partial charge < -0.3 is 14.3 Å². The highest BCUT2D eigenvalue weighted by Gasteiger charge is 2.32. The molecule has 0 spiro atoms. The van der Waals surface area contributed by atoms with Gasteiger partial charge in [-0.15, -0.1) is 22.7 Å². The number of nitrogens with zero attached hydrogens (tertiary/aromatic N) is 1. The first-order valence-corrected chi connectivity index (χ1v) is 21.9. The van der Waals surface area contributed by atoms with Crippen LogP contribution in [0.2, 0.25) is 0 Å². The highest BCUT2D eigenvalue weighted by Crippen LogP contribution is 2.46. The van der Waals surface area contributed by atoms with E-state index in [0.29, 0.717) is 7.28 Å². The van der Waals surface area contributed by atoms with Gasteiger partial charge in [0.05, 0.1) is 16.9 Å². The van der Waals surface area contributed by atoms with Crippen LogP contribution in [0.5, 0.6) is 0 Å². The molecule has 3 nitrogen and oxygen atoms in total. The molecule has 0 fully saturated rings. The van der Waals surface area contributed by atoms with E-state index in [1.54, 1.807) is 0 Å². The molecule has 1 aliphatic rings. The van der Waals surface area contributed by atoms with Crippen LogP contribution in [0, 0.1) is 0 Å². The Bertz CT molecular complexity index is 3530. The standard InChI is InChI=1S/C52H41BN2OS2/c1-51(2,3)28-15-18-30(19-16-28)54-40-26-45-37(31-11-7-9-13-43(31)57-45)24-35(40)33-20-21-34-36-25-38-32-12-8-10-14-44(32)58-46(38)27-41(36)55-48(34)47(33)53-50-49(55)39-23-29(52(4,5)6)17-22-42(39)56-50/h7-27,53-54H,1-6H3. The van der Waals surface area contributed by atoms with E-state index in [9.17, 15) is 0 Å². The molecule has 0 aliphatic carbocycles. The SMILES string of the molecule is CC(C)(C)c1ccc(Nc2cc3sc4ccccc4c3cc2-c2ccc3c4cc5c(cc4n4c3c2Bc2oc3ccc(C(C)(C)C)cc3c2-4)sc2ccccc25)cc1. The lowest BCUT2D eigenvalue weighted by molar-refractivity contribution is 0.590. The summed E-state index contributed by atoms with van der Waals surface area (Å²) < 4.78 is 14.7. The fraction of sp³-hybridized carbons (Fsp3) is 0.154. The molecule has 0 atom stereocenters. The van der Waals surface area contributed by atoms with E-state index in [0.717, 1.165) is 22.6 Å². The monoisotopic (exact) mass is 784 g/mol. The summed E-state index contributed by atoms with van der Waals surface area (Å²) in [4.78, 5) is 0. The largest absolute Gasteiger partial charge is 0.469 e. The van der Waals surface area contributed by atoms with Gasteiger partial charge in [0.15, 0.2) is 0 Å². The highest BCUT2D eigenvalue weighted by molar-refractivity contribution is 7.26. The van der Waals surface area contributed by atoms with Crippen molar-refractivity contribution in [3.8, 4) is 16.8 Å². The molecule has 280 valence electrons. The van der Waals surface area contributed by atoms with E-state index in [1.807, 2.05) is 22.7 Å². The van der Waals surface area contributed by atoms with Crippen molar-refractivity contribution in [2.75, 3.05) is 5.32 Å². The van der Waals surface area contributed by atoms with Gasteiger partial charge in [0, 0.05) is 79.0 Å². The van der Waals surface area contributed by atoms with Crippen molar-refractivity contribution in [2.45, 2.75) is 52.4 Å². The van der Waals surface area contributed by atoms with Crippen LogP contribution in [-0.4, -0.2) is 11.8 Å². The number of rotatable bonds is 3. The van der Waals surface area contributed by atoms with Crippen LogP contribution in [0.4, 0.5) is 11.4 Å². The zero-order chi connectivity index (χ0) is 39.2. The molecule has 0 unspecified atom stereocenters. The van der Waals surface area contributed by atoms with E-state index in [2.05, 4.69) is 179 Å². The molecule has 0 saturated carbocycles. The van der Waals surface area contributed by atoms with E-state index in [1.165, 1.54) is 101 Å². The predicted molar refractivity (Wildman–Crippen MR) is 255 cm³/mol. The number of hydrogen-bond donors (Lipinski definition) is 1. The molecule has 11 aromatic rings. The molecule has 0 radical (unpaired) electrons. The summed E-state index contributed by atoms with van der Waals surface area (Å²) in [6.07, 6.45) is 0. The zero-order valence-corrected chi connectivity index (χ0v) is 35.1. The minimum absolute atomic E-state index is 0.0103. The van der Waals surface area contributed by atoms with Gasteiger partial charge >= 0.3 is 0 Å². The van der Waals surface area contributed by atoms with E-state index >= 15 is 0 Å². The van der Waals surface area contributed by atoms with Crippen LogP contribution in [0.25, 0.3) is 89.9 Å². The van der Waals surface area contributed by atoms with Gasteiger partial charge in [-0.1, -0.05) is 108 Å². The molecule has 6 heteroatoms. The van der Waals surface area contributed by atoms with Crippen LogP contribution in [0.15, 0.2) is 132 Å². The first kappa shape index (κ1) is 34.2. The van der Waals surface area contributed by atoms with Crippen molar-refractivity contribution in [1.82, 2.24) is 4.57 Å². The number of aromatic nitrogens is 1. The zero-order valence-electron chi connectivity index (χ0n) is 33.5. The van der Waals surface area contributed by atoms with Crippen LogP contribution in [-0.2, 0) is 10.8 Å². The molecular weight excluding hydrogens is 744 g/mol. The summed E-state index contributed by atoms with van der Waals surface area (Å²) in [5.41, 5.74) is 14.3. The fourth-order valence-electron chi connectivity index (χ4n) is 9.49. The number of hydrogen-bond acceptors (Lipinski definition) is 4. The normalized spacial score (nSPS) is 13.1. The smallest absolute Gasteiger partial charge is 0.244 e. The second kappa shape index (κ2) is 11.9. The van der Waals surface area contributed by atoms with Crippen molar-refractivity contribution in [3.05, 3.63) is 139 Å². The van der Waals surface area contributed by atoms with Gasteiger partial charge in [-0.25, -0.2) is 0 Å². The van der Waals surface area contributed by atoms with E-state index in [4.69, 9.17) is 4.42 Å². The van der Waals surface area contributed by atoms with E-state index in [-0.39, 0.29) is 10.8 Å². The molecule has 5 heterocycles. The first-order valence-electron chi connectivity index (χ1n) is 20.3. The fourth-order valence-corrected chi connectivity index (χ4v) is 11.7. The lowest BCUT2D eigenvalue weighted by Crippen LogP contribution is -2.36. The third-order valence-electron chi connectivity index (χ3n) is 12.5. The number of fused-ring (bicyclic) bond motifs is 13. The molecule has 58 heavy (non-hydrogen) atoms. The van der Waals surface area contributed by atoms with Crippen molar-refractivity contribution < 1.29 is 4.42 Å². The Kier molecular flexibility index (Phi) is 7.01. The maximum atomic E-state index is 6.94. The Morgan fingerprint density at radius 1 is 0.534 bits per heavy atom. The van der Waals surface area contributed by atoms with Gasteiger partial charge in [0.1, 0.15) is 5.58 Å². The van der Waals surface area contributed by atoms with Crippen LogP contribution >= 0.6 is 22.7 Å². The molecule has 0 saturated heterocycles. The Balaban J connectivity index is 1.16. The van der Waals surface area contributed by atoms with Crippen molar-refractivity contribution in [2.24, 2.45) is 0 Å².